The molecule has 0 radical (unpaired) electrons. The zero-order valence-corrected chi connectivity index (χ0v) is 15.8. The lowest BCUT2D eigenvalue weighted by molar-refractivity contribution is -0.138. The van der Waals surface area contributed by atoms with Crippen molar-refractivity contribution >= 4 is 27.5 Å². The summed E-state index contributed by atoms with van der Waals surface area (Å²) in [5.41, 5.74) is 0.905. The molecule has 3 heterocycles. The molecule has 2 fully saturated rings. The number of fused-ring (bicyclic) bond motifs is 2. The molecule has 1 aliphatic heterocycles. The van der Waals surface area contributed by atoms with E-state index in [0.29, 0.717) is 17.3 Å². The Labute approximate surface area is 151 Å². The van der Waals surface area contributed by atoms with Crippen LogP contribution in [0.2, 0.25) is 0 Å². The van der Waals surface area contributed by atoms with Crippen LogP contribution in [0.4, 0.5) is 0 Å². The van der Waals surface area contributed by atoms with Gasteiger partial charge < -0.3 is 4.90 Å². The maximum Gasteiger partial charge on any atom is 0.262 e. The van der Waals surface area contributed by atoms with Crippen molar-refractivity contribution in [1.29, 1.82) is 0 Å². The SMILES string of the molecule is Cc1sc2ncn(CC(=O)N3CCC[C@H]4CCCC[C@H]43)c(=O)c2c1C. The van der Waals surface area contributed by atoms with Gasteiger partial charge in [-0.25, -0.2) is 4.98 Å². The monoisotopic (exact) mass is 359 g/mol. The van der Waals surface area contributed by atoms with E-state index in [1.165, 1.54) is 30.3 Å². The van der Waals surface area contributed by atoms with E-state index in [-0.39, 0.29) is 18.0 Å². The minimum absolute atomic E-state index is 0.0736. The minimum Gasteiger partial charge on any atom is -0.338 e. The Hall–Kier alpha value is -1.69. The van der Waals surface area contributed by atoms with Gasteiger partial charge in [-0.15, -0.1) is 11.3 Å². The molecule has 0 unspecified atom stereocenters. The van der Waals surface area contributed by atoms with E-state index < -0.39 is 0 Å². The van der Waals surface area contributed by atoms with Crippen LogP contribution in [0.15, 0.2) is 11.1 Å². The minimum atomic E-state index is -0.0857. The predicted octanol–water partition coefficient (Wildman–Crippen LogP) is 3.26. The second-order valence-electron chi connectivity index (χ2n) is 7.48. The van der Waals surface area contributed by atoms with Crippen LogP contribution in [0.5, 0.6) is 0 Å². The number of carbonyl (C=O) groups is 1. The van der Waals surface area contributed by atoms with Crippen LogP contribution >= 0.6 is 11.3 Å². The van der Waals surface area contributed by atoms with Gasteiger partial charge in [-0.1, -0.05) is 12.8 Å². The number of hydrogen-bond donors (Lipinski definition) is 0. The van der Waals surface area contributed by atoms with Crippen LogP contribution in [0, 0.1) is 19.8 Å². The molecule has 1 saturated heterocycles. The van der Waals surface area contributed by atoms with E-state index >= 15 is 0 Å². The lowest BCUT2D eigenvalue weighted by atomic mass is 9.78. The summed E-state index contributed by atoms with van der Waals surface area (Å²) in [6.07, 6.45) is 8.74. The summed E-state index contributed by atoms with van der Waals surface area (Å²) >= 11 is 1.54. The number of piperidine rings is 1. The summed E-state index contributed by atoms with van der Waals surface area (Å²) in [4.78, 5) is 34.1. The number of aryl methyl sites for hydroxylation is 2. The number of rotatable bonds is 2. The maximum absolute atomic E-state index is 12.9. The van der Waals surface area contributed by atoms with Crippen LogP contribution in [-0.4, -0.2) is 32.9 Å². The topological polar surface area (TPSA) is 55.2 Å². The lowest BCUT2D eigenvalue weighted by Crippen LogP contribution is -2.51. The zero-order valence-electron chi connectivity index (χ0n) is 15.0. The van der Waals surface area contributed by atoms with E-state index in [1.807, 2.05) is 13.8 Å². The first-order chi connectivity index (χ1) is 12.1. The molecule has 2 aromatic heterocycles. The highest BCUT2D eigenvalue weighted by molar-refractivity contribution is 7.18. The molecular formula is C19H25N3O2S. The van der Waals surface area contributed by atoms with Crippen LogP contribution in [-0.2, 0) is 11.3 Å². The Kier molecular flexibility index (Phi) is 4.40. The molecular weight excluding hydrogens is 334 g/mol. The number of likely N-dealkylation sites (tertiary alicyclic amines) is 1. The fraction of sp³-hybridized carbons (Fsp3) is 0.632. The van der Waals surface area contributed by atoms with Gasteiger partial charge in [-0.3, -0.25) is 14.2 Å². The standard InChI is InChI=1S/C19H25N3O2S/c1-12-13(2)25-18-17(12)19(24)21(11-20-18)10-16(23)22-9-5-7-14-6-3-4-8-15(14)22/h11,14-15H,3-10H2,1-2H3/t14-,15-/m1/s1. The van der Waals surface area contributed by atoms with Crippen LogP contribution in [0.25, 0.3) is 10.2 Å². The third-order valence-electron chi connectivity index (χ3n) is 6.02. The van der Waals surface area contributed by atoms with E-state index in [1.54, 1.807) is 17.7 Å². The van der Waals surface area contributed by atoms with Crippen LogP contribution in [0.3, 0.4) is 0 Å². The molecule has 134 valence electrons. The van der Waals surface area contributed by atoms with E-state index in [9.17, 15) is 9.59 Å². The number of carbonyl (C=O) groups excluding carboxylic acids is 1. The van der Waals surface area contributed by atoms with Gasteiger partial charge in [-0.05, 0) is 51.0 Å². The van der Waals surface area contributed by atoms with Gasteiger partial charge in [0.25, 0.3) is 5.56 Å². The molecule has 1 amide bonds. The fourth-order valence-corrected chi connectivity index (χ4v) is 5.54. The second kappa shape index (κ2) is 6.56. The average molecular weight is 359 g/mol. The summed E-state index contributed by atoms with van der Waals surface area (Å²) in [6, 6.07) is 0.382. The third kappa shape index (κ3) is 2.90. The Balaban J connectivity index is 1.60. The molecule has 1 saturated carbocycles. The summed E-state index contributed by atoms with van der Waals surface area (Å²) in [5, 5.41) is 0.673. The average Bonchev–Trinajstić information content (AvgIpc) is 2.92. The highest BCUT2D eigenvalue weighted by Crippen LogP contribution is 2.35. The molecule has 6 heteroatoms. The largest absolute Gasteiger partial charge is 0.338 e. The molecule has 1 aliphatic carbocycles. The van der Waals surface area contributed by atoms with E-state index in [0.717, 1.165) is 34.7 Å². The molecule has 25 heavy (non-hydrogen) atoms. The molecule has 2 atom stereocenters. The summed E-state index contributed by atoms with van der Waals surface area (Å²) in [6.45, 7) is 4.91. The Morgan fingerprint density at radius 2 is 2.00 bits per heavy atom. The quantitative estimate of drug-likeness (QED) is 0.827. The number of nitrogens with zero attached hydrogens (tertiary/aromatic N) is 3. The Morgan fingerprint density at radius 3 is 2.84 bits per heavy atom. The Bertz CT molecular complexity index is 867. The van der Waals surface area contributed by atoms with E-state index in [2.05, 4.69) is 9.88 Å². The predicted molar refractivity (Wildman–Crippen MR) is 100 cm³/mol. The van der Waals surface area contributed by atoms with Crippen molar-refractivity contribution in [1.82, 2.24) is 14.5 Å². The fourth-order valence-electron chi connectivity index (χ4n) is 4.55. The van der Waals surface area contributed by atoms with Crippen LogP contribution in [0.1, 0.15) is 49.0 Å². The van der Waals surface area contributed by atoms with Crippen molar-refractivity contribution in [3.63, 3.8) is 0 Å². The van der Waals surface area contributed by atoms with Crippen molar-refractivity contribution in [2.45, 2.75) is 65.0 Å². The second-order valence-corrected chi connectivity index (χ2v) is 8.69. The van der Waals surface area contributed by atoms with Crippen molar-refractivity contribution in [3.05, 3.63) is 27.1 Å². The lowest BCUT2D eigenvalue weighted by Gasteiger charge is -2.44. The molecule has 0 bridgehead atoms. The van der Waals surface area contributed by atoms with Crippen molar-refractivity contribution in [2.24, 2.45) is 5.92 Å². The van der Waals surface area contributed by atoms with Gasteiger partial charge in [0.1, 0.15) is 11.4 Å². The molecule has 0 aromatic carbocycles. The van der Waals surface area contributed by atoms with Gasteiger partial charge in [0, 0.05) is 17.5 Å². The Morgan fingerprint density at radius 1 is 1.24 bits per heavy atom. The summed E-state index contributed by atoms with van der Waals surface area (Å²) in [7, 11) is 0. The van der Waals surface area contributed by atoms with Gasteiger partial charge in [-0.2, -0.15) is 0 Å². The molecule has 0 spiro atoms. The van der Waals surface area contributed by atoms with Crippen molar-refractivity contribution in [3.8, 4) is 0 Å². The highest BCUT2D eigenvalue weighted by Gasteiger charge is 2.35. The van der Waals surface area contributed by atoms with Gasteiger partial charge in [0.2, 0.25) is 5.91 Å². The third-order valence-corrected chi connectivity index (χ3v) is 7.14. The van der Waals surface area contributed by atoms with Crippen LogP contribution < -0.4 is 5.56 Å². The zero-order chi connectivity index (χ0) is 17.6. The number of aromatic nitrogens is 2. The first kappa shape index (κ1) is 16.8. The van der Waals surface area contributed by atoms with Gasteiger partial charge in [0.15, 0.2) is 0 Å². The summed E-state index contributed by atoms with van der Waals surface area (Å²) in [5.74, 6) is 0.731. The smallest absolute Gasteiger partial charge is 0.262 e. The molecule has 5 nitrogen and oxygen atoms in total. The van der Waals surface area contributed by atoms with Crippen molar-refractivity contribution < 1.29 is 4.79 Å². The number of amides is 1. The molecule has 2 aliphatic rings. The van der Waals surface area contributed by atoms with Gasteiger partial charge in [0.05, 0.1) is 11.7 Å². The molecule has 0 N–H and O–H groups in total. The number of hydrogen-bond acceptors (Lipinski definition) is 4. The van der Waals surface area contributed by atoms with Crippen molar-refractivity contribution in [2.75, 3.05) is 6.54 Å². The highest BCUT2D eigenvalue weighted by atomic mass is 32.1. The first-order valence-corrected chi connectivity index (χ1v) is 10.1. The summed E-state index contributed by atoms with van der Waals surface area (Å²) < 4.78 is 1.50. The first-order valence-electron chi connectivity index (χ1n) is 9.31. The normalized spacial score (nSPS) is 23.7. The van der Waals surface area contributed by atoms with E-state index in [4.69, 9.17) is 0 Å². The molecule has 4 rings (SSSR count). The number of thiophene rings is 1. The maximum atomic E-state index is 12.9. The van der Waals surface area contributed by atoms with Gasteiger partial charge >= 0.3 is 0 Å². The molecule has 2 aromatic rings.